The van der Waals surface area contributed by atoms with E-state index in [0.29, 0.717) is 31.0 Å². The van der Waals surface area contributed by atoms with E-state index in [-0.39, 0.29) is 5.91 Å². The van der Waals surface area contributed by atoms with E-state index in [1.165, 1.54) is 11.1 Å². The largest absolute Gasteiger partial charge is 0.497 e. The number of nitrogens with zero attached hydrogens (tertiary/aromatic N) is 2. The summed E-state index contributed by atoms with van der Waals surface area (Å²) in [4.78, 5) is 15.0. The van der Waals surface area contributed by atoms with E-state index in [1.807, 2.05) is 29.2 Å². The molecule has 0 radical (unpaired) electrons. The van der Waals surface area contributed by atoms with Crippen LogP contribution < -0.4 is 4.74 Å². The van der Waals surface area contributed by atoms with E-state index in [0.717, 1.165) is 12.2 Å². The Balaban J connectivity index is 1.79. The number of benzene rings is 2. The fraction of sp³-hybridized carbons (Fsp3) is 0.292. The van der Waals surface area contributed by atoms with Gasteiger partial charge < -0.3 is 18.9 Å². The second-order valence-corrected chi connectivity index (χ2v) is 7.06. The highest BCUT2D eigenvalue weighted by Gasteiger charge is 2.18. The van der Waals surface area contributed by atoms with Crippen molar-refractivity contribution < 1.29 is 14.3 Å². The molecule has 0 saturated heterocycles. The zero-order valence-corrected chi connectivity index (χ0v) is 17.3. The Bertz CT molecular complexity index is 931. The van der Waals surface area contributed by atoms with Crippen LogP contribution in [-0.4, -0.2) is 42.7 Å². The summed E-state index contributed by atoms with van der Waals surface area (Å²) in [6.45, 7) is 4.37. The predicted molar refractivity (Wildman–Crippen MR) is 114 cm³/mol. The quantitative estimate of drug-likeness (QED) is 0.550. The highest BCUT2D eigenvalue weighted by molar-refractivity contribution is 5.94. The Morgan fingerprint density at radius 3 is 2.55 bits per heavy atom. The fourth-order valence-corrected chi connectivity index (χ4v) is 3.23. The maximum atomic E-state index is 13.2. The smallest absolute Gasteiger partial charge is 0.254 e. The van der Waals surface area contributed by atoms with E-state index in [4.69, 9.17) is 9.47 Å². The molecule has 1 aromatic heterocycles. The standard InChI is InChI=1S/C24H28N2O3/c1-19-9-11-20(12-10-19)17-25-13-5-7-22(25)18-26(14-15-28-2)24(27)21-6-4-8-23(16-21)29-3/h4-13,16H,14-15,17-18H2,1-3H3. The molecule has 0 atom stereocenters. The van der Waals surface area contributed by atoms with Crippen LogP contribution in [0.5, 0.6) is 5.75 Å². The summed E-state index contributed by atoms with van der Waals surface area (Å²) >= 11 is 0. The van der Waals surface area contributed by atoms with E-state index in [1.54, 1.807) is 20.3 Å². The average Bonchev–Trinajstić information content (AvgIpc) is 3.18. The first kappa shape index (κ1) is 20.7. The minimum Gasteiger partial charge on any atom is -0.497 e. The van der Waals surface area contributed by atoms with Gasteiger partial charge in [0, 0.05) is 37.7 Å². The number of aryl methyl sites for hydroxylation is 1. The van der Waals surface area contributed by atoms with Crippen LogP contribution in [0.15, 0.2) is 66.9 Å². The fourth-order valence-electron chi connectivity index (χ4n) is 3.23. The van der Waals surface area contributed by atoms with Gasteiger partial charge in [-0.3, -0.25) is 4.79 Å². The third kappa shape index (κ3) is 5.48. The molecule has 1 amide bonds. The summed E-state index contributed by atoms with van der Waals surface area (Å²) in [5.74, 6) is 0.634. The number of ether oxygens (including phenoxy) is 2. The minimum atomic E-state index is -0.0379. The first-order valence-electron chi connectivity index (χ1n) is 9.72. The van der Waals surface area contributed by atoms with E-state index < -0.39 is 0 Å². The lowest BCUT2D eigenvalue weighted by molar-refractivity contribution is 0.0675. The van der Waals surface area contributed by atoms with Crippen molar-refractivity contribution in [2.24, 2.45) is 0 Å². The van der Waals surface area contributed by atoms with Crippen molar-refractivity contribution in [3.8, 4) is 5.75 Å². The maximum absolute atomic E-state index is 13.2. The molecule has 0 spiro atoms. The Kier molecular flexibility index (Phi) is 7.09. The lowest BCUT2D eigenvalue weighted by Gasteiger charge is -2.24. The van der Waals surface area contributed by atoms with Crippen molar-refractivity contribution in [3.63, 3.8) is 0 Å². The molecule has 0 aliphatic heterocycles. The first-order valence-corrected chi connectivity index (χ1v) is 9.72. The molecule has 5 nitrogen and oxygen atoms in total. The summed E-state index contributed by atoms with van der Waals surface area (Å²) < 4.78 is 12.7. The van der Waals surface area contributed by atoms with Crippen LogP contribution in [0.25, 0.3) is 0 Å². The second-order valence-electron chi connectivity index (χ2n) is 7.06. The summed E-state index contributed by atoms with van der Waals surface area (Å²) in [7, 11) is 3.25. The lowest BCUT2D eigenvalue weighted by atomic mass is 10.1. The summed E-state index contributed by atoms with van der Waals surface area (Å²) in [5.41, 5.74) is 4.17. The monoisotopic (exact) mass is 392 g/mol. The molecule has 29 heavy (non-hydrogen) atoms. The van der Waals surface area contributed by atoms with E-state index >= 15 is 0 Å². The highest BCUT2D eigenvalue weighted by Crippen LogP contribution is 2.17. The SMILES string of the molecule is COCCN(Cc1cccn1Cc1ccc(C)cc1)C(=O)c1cccc(OC)c1. The Hall–Kier alpha value is -3.05. The number of methoxy groups -OCH3 is 2. The van der Waals surface area contributed by atoms with Crippen LogP contribution in [0.3, 0.4) is 0 Å². The van der Waals surface area contributed by atoms with Crippen LogP contribution in [0.2, 0.25) is 0 Å². The number of hydrogen-bond donors (Lipinski definition) is 0. The number of hydrogen-bond acceptors (Lipinski definition) is 3. The summed E-state index contributed by atoms with van der Waals surface area (Å²) in [5, 5.41) is 0. The normalized spacial score (nSPS) is 10.7. The zero-order valence-electron chi connectivity index (χ0n) is 17.3. The van der Waals surface area contributed by atoms with Crippen LogP contribution in [0, 0.1) is 6.92 Å². The van der Waals surface area contributed by atoms with Crippen molar-refractivity contribution in [3.05, 3.63) is 89.2 Å². The molecule has 0 fully saturated rings. The number of carbonyl (C=O) groups is 1. The number of aromatic nitrogens is 1. The molecule has 0 N–H and O–H groups in total. The van der Waals surface area contributed by atoms with Crippen molar-refractivity contribution in [1.82, 2.24) is 9.47 Å². The predicted octanol–water partition coefficient (Wildman–Crippen LogP) is 4.14. The van der Waals surface area contributed by atoms with Crippen LogP contribution in [0.4, 0.5) is 0 Å². The van der Waals surface area contributed by atoms with Gasteiger partial charge in [0.2, 0.25) is 0 Å². The van der Waals surface area contributed by atoms with Gasteiger partial charge in [0.05, 0.1) is 20.3 Å². The van der Waals surface area contributed by atoms with Crippen molar-refractivity contribution in [1.29, 1.82) is 0 Å². The second kappa shape index (κ2) is 9.94. The molecule has 3 rings (SSSR count). The van der Waals surface area contributed by atoms with Crippen molar-refractivity contribution in [2.45, 2.75) is 20.0 Å². The molecule has 152 valence electrons. The summed E-state index contributed by atoms with van der Waals surface area (Å²) in [6, 6.07) is 19.9. The molecule has 0 saturated carbocycles. The third-order valence-corrected chi connectivity index (χ3v) is 4.92. The Morgan fingerprint density at radius 1 is 1.03 bits per heavy atom. The van der Waals surface area contributed by atoms with Gasteiger partial charge >= 0.3 is 0 Å². The highest BCUT2D eigenvalue weighted by atomic mass is 16.5. The van der Waals surface area contributed by atoms with Crippen molar-refractivity contribution in [2.75, 3.05) is 27.4 Å². The van der Waals surface area contributed by atoms with Crippen LogP contribution in [-0.2, 0) is 17.8 Å². The van der Waals surface area contributed by atoms with Gasteiger partial charge in [-0.05, 0) is 42.8 Å². The van der Waals surface area contributed by atoms with Gasteiger partial charge in [-0.2, -0.15) is 0 Å². The molecule has 5 heteroatoms. The molecule has 0 aliphatic carbocycles. The zero-order chi connectivity index (χ0) is 20.6. The number of carbonyl (C=O) groups excluding carboxylic acids is 1. The van der Waals surface area contributed by atoms with E-state index in [9.17, 15) is 4.79 Å². The van der Waals surface area contributed by atoms with Crippen molar-refractivity contribution >= 4 is 5.91 Å². The van der Waals surface area contributed by atoms with Crippen LogP contribution in [0.1, 0.15) is 27.2 Å². The van der Waals surface area contributed by atoms with Crippen LogP contribution >= 0.6 is 0 Å². The van der Waals surface area contributed by atoms with Gasteiger partial charge in [0.25, 0.3) is 5.91 Å². The molecule has 0 unspecified atom stereocenters. The summed E-state index contributed by atoms with van der Waals surface area (Å²) in [6.07, 6.45) is 2.06. The van der Waals surface area contributed by atoms with Gasteiger partial charge in [-0.15, -0.1) is 0 Å². The third-order valence-electron chi connectivity index (χ3n) is 4.92. The Morgan fingerprint density at radius 2 is 1.83 bits per heavy atom. The molecular formula is C24H28N2O3. The van der Waals surface area contributed by atoms with Gasteiger partial charge in [-0.1, -0.05) is 35.9 Å². The molecule has 0 bridgehead atoms. The Labute approximate surface area is 172 Å². The average molecular weight is 392 g/mol. The van der Waals surface area contributed by atoms with Gasteiger partial charge in [-0.25, -0.2) is 0 Å². The first-order chi connectivity index (χ1) is 14.1. The maximum Gasteiger partial charge on any atom is 0.254 e. The van der Waals surface area contributed by atoms with E-state index in [2.05, 4.69) is 48.0 Å². The van der Waals surface area contributed by atoms with Gasteiger partial charge in [0.15, 0.2) is 0 Å². The molecular weight excluding hydrogens is 364 g/mol. The topological polar surface area (TPSA) is 43.7 Å². The molecule has 2 aromatic carbocycles. The molecule has 3 aromatic rings. The number of amides is 1. The minimum absolute atomic E-state index is 0.0379. The van der Waals surface area contributed by atoms with Gasteiger partial charge in [0.1, 0.15) is 5.75 Å². The number of rotatable bonds is 9. The lowest BCUT2D eigenvalue weighted by Crippen LogP contribution is -2.34. The molecule has 0 aliphatic rings. The molecule has 1 heterocycles.